The van der Waals surface area contributed by atoms with Crippen LogP contribution in [-0.4, -0.2) is 31.0 Å². The molecule has 0 saturated heterocycles. The lowest BCUT2D eigenvalue weighted by molar-refractivity contribution is 0.0844. The molecule has 8 heteroatoms. The fourth-order valence-corrected chi connectivity index (χ4v) is 3.50. The molecular weight excluding hydrogens is 416 g/mol. The van der Waals surface area contributed by atoms with Crippen LogP contribution in [0.15, 0.2) is 91.4 Å². The average molecular weight is 436 g/mol. The van der Waals surface area contributed by atoms with Gasteiger partial charge in [-0.05, 0) is 36.8 Å². The summed E-state index contributed by atoms with van der Waals surface area (Å²) >= 11 is 0. The Labute approximate surface area is 189 Å². The van der Waals surface area contributed by atoms with Crippen LogP contribution in [0.1, 0.15) is 26.4 Å². The van der Waals surface area contributed by atoms with E-state index in [4.69, 9.17) is 0 Å². The second-order valence-electron chi connectivity index (χ2n) is 7.54. The molecule has 3 heterocycles. The van der Waals surface area contributed by atoms with E-state index in [0.29, 0.717) is 16.9 Å². The van der Waals surface area contributed by atoms with Crippen molar-refractivity contribution in [2.24, 2.45) is 0 Å². The highest BCUT2D eigenvalue weighted by atomic mass is 16.2. The molecule has 2 amide bonds. The van der Waals surface area contributed by atoms with E-state index in [1.165, 1.54) is 0 Å². The second kappa shape index (κ2) is 8.43. The Bertz CT molecular complexity index is 1450. The lowest BCUT2D eigenvalue weighted by Crippen LogP contribution is -2.41. The summed E-state index contributed by atoms with van der Waals surface area (Å²) < 4.78 is 3.39. The van der Waals surface area contributed by atoms with Crippen molar-refractivity contribution in [2.45, 2.75) is 6.92 Å². The van der Waals surface area contributed by atoms with Gasteiger partial charge in [-0.3, -0.25) is 20.4 Å². The van der Waals surface area contributed by atoms with Crippen LogP contribution in [0.2, 0.25) is 0 Å². The highest BCUT2D eigenvalue weighted by molar-refractivity contribution is 6.02. The molecule has 5 aromatic rings. The van der Waals surface area contributed by atoms with Crippen molar-refractivity contribution >= 4 is 17.5 Å². The molecule has 3 aromatic heterocycles. The van der Waals surface area contributed by atoms with Gasteiger partial charge in [0.2, 0.25) is 0 Å². The summed E-state index contributed by atoms with van der Waals surface area (Å²) in [5.41, 5.74) is 9.27. The zero-order valence-electron chi connectivity index (χ0n) is 17.8. The third kappa shape index (κ3) is 4.09. The maximum Gasteiger partial charge on any atom is 0.289 e. The van der Waals surface area contributed by atoms with Crippen molar-refractivity contribution in [2.75, 3.05) is 0 Å². The van der Waals surface area contributed by atoms with Crippen LogP contribution in [0.25, 0.3) is 22.6 Å². The molecule has 2 N–H and O–H groups in total. The molecule has 0 aliphatic carbocycles. The van der Waals surface area contributed by atoms with E-state index in [1.807, 2.05) is 85.9 Å². The number of nitrogens with zero attached hydrogens (tertiary/aromatic N) is 4. The van der Waals surface area contributed by atoms with E-state index in [-0.39, 0.29) is 5.69 Å². The molecule has 2 aromatic carbocycles. The summed E-state index contributed by atoms with van der Waals surface area (Å²) in [7, 11) is 0. The lowest BCUT2D eigenvalue weighted by Gasteiger charge is -2.06. The van der Waals surface area contributed by atoms with E-state index < -0.39 is 11.8 Å². The number of aryl methyl sites for hydroxylation is 1. The maximum absolute atomic E-state index is 13.0. The number of aromatic nitrogens is 4. The number of pyridine rings is 1. The summed E-state index contributed by atoms with van der Waals surface area (Å²) in [5, 5.41) is 4.62. The van der Waals surface area contributed by atoms with Gasteiger partial charge in [-0.25, -0.2) is 9.67 Å². The number of benzene rings is 2. The summed E-state index contributed by atoms with van der Waals surface area (Å²) in [5.74, 6) is -0.995. The first-order chi connectivity index (χ1) is 16.1. The number of hydrogen-bond donors (Lipinski definition) is 2. The maximum atomic E-state index is 13.0. The number of para-hydroxylation sites is 1. The first-order valence-corrected chi connectivity index (χ1v) is 10.3. The third-order valence-corrected chi connectivity index (χ3v) is 5.16. The number of amides is 2. The number of carbonyl (C=O) groups excluding carboxylic acids is 2. The van der Waals surface area contributed by atoms with Gasteiger partial charge in [-0.1, -0.05) is 48.5 Å². The van der Waals surface area contributed by atoms with Crippen molar-refractivity contribution in [3.05, 3.63) is 108 Å². The summed E-state index contributed by atoms with van der Waals surface area (Å²) in [6.07, 6.45) is 5.09. The Balaban J connectivity index is 1.40. The van der Waals surface area contributed by atoms with Crippen molar-refractivity contribution in [3.63, 3.8) is 0 Å². The van der Waals surface area contributed by atoms with E-state index in [9.17, 15) is 9.59 Å². The molecule has 0 fully saturated rings. The predicted octanol–water partition coefficient (Wildman–Crippen LogP) is 3.57. The minimum absolute atomic E-state index is 0.198. The summed E-state index contributed by atoms with van der Waals surface area (Å²) in [4.78, 5) is 29.9. The molecular formula is C25H20N6O2. The zero-order chi connectivity index (χ0) is 22.8. The molecule has 0 aliphatic heterocycles. The van der Waals surface area contributed by atoms with E-state index in [2.05, 4.69) is 20.9 Å². The molecule has 0 radical (unpaired) electrons. The summed E-state index contributed by atoms with van der Waals surface area (Å²) in [6, 6.07) is 22.7. The second-order valence-corrected chi connectivity index (χ2v) is 7.54. The fraction of sp³-hybridized carbons (Fsp3) is 0.0400. The van der Waals surface area contributed by atoms with Gasteiger partial charge in [0, 0.05) is 24.2 Å². The van der Waals surface area contributed by atoms with E-state index in [0.717, 1.165) is 16.8 Å². The van der Waals surface area contributed by atoms with Gasteiger partial charge in [0.25, 0.3) is 11.8 Å². The van der Waals surface area contributed by atoms with Gasteiger partial charge in [-0.2, -0.15) is 5.10 Å². The van der Waals surface area contributed by atoms with Gasteiger partial charge in [-0.15, -0.1) is 0 Å². The Hall–Kier alpha value is -4.72. The smallest absolute Gasteiger partial charge is 0.289 e. The third-order valence-electron chi connectivity index (χ3n) is 5.16. The number of fused-ring (bicyclic) bond motifs is 1. The Kier molecular flexibility index (Phi) is 5.16. The molecule has 33 heavy (non-hydrogen) atoms. The van der Waals surface area contributed by atoms with Crippen LogP contribution in [0, 0.1) is 6.92 Å². The van der Waals surface area contributed by atoms with Gasteiger partial charge in [0.15, 0.2) is 0 Å². The highest BCUT2D eigenvalue weighted by Gasteiger charge is 2.20. The minimum Gasteiger partial charge on any atom is -0.306 e. The number of hydrazine groups is 1. The topological polar surface area (TPSA) is 93.3 Å². The van der Waals surface area contributed by atoms with Gasteiger partial charge in [0.05, 0.1) is 11.3 Å². The molecule has 0 saturated carbocycles. The van der Waals surface area contributed by atoms with E-state index in [1.54, 1.807) is 21.5 Å². The number of hydrogen-bond acceptors (Lipinski definition) is 4. The van der Waals surface area contributed by atoms with Crippen molar-refractivity contribution < 1.29 is 9.59 Å². The molecule has 5 rings (SSSR count). The van der Waals surface area contributed by atoms with Crippen molar-refractivity contribution in [1.29, 1.82) is 0 Å². The number of carbonyl (C=O) groups is 2. The quantitative estimate of drug-likeness (QED) is 0.421. The Morgan fingerprint density at radius 1 is 0.848 bits per heavy atom. The van der Waals surface area contributed by atoms with Crippen LogP contribution in [-0.2, 0) is 0 Å². The molecule has 0 spiro atoms. The first-order valence-electron chi connectivity index (χ1n) is 10.3. The highest BCUT2D eigenvalue weighted by Crippen LogP contribution is 2.23. The average Bonchev–Trinajstić information content (AvgIpc) is 3.48. The zero-order valence-corrected chi connectivity index (χ0v) is 17.8. The Morgan fingerprint density at radius 2 is 1.55 bits per heavy atom. The molecule has 0 aliphatic rings. The first kappa shape index (κ1) is 20.2. The monoisotopic (exact) mass is 436 g/mol. The van der Waals surface area contributed by atoms with Crippen LogP contribution >= 0.6 is 0 Å². The molecule has 0 bridgehead atoms. The lowest BCUT2D eigenvalue weighted by atomic mass is 10.1. The molecule has 8 nitrogen and oxygen atoms in total. The van der Waals surface area contributed by atoms with Crippen LogP contribution < -0.4 is 10.9 Å². The van der Waals surface area contributed by atoms with Gasteiger partial charge < -0.3 is 4.40 Å². The number of imidazole rings is 1. The van der Waals surface area contributed by atoms with Crippen molar-refractivity contribution in [1.82, 2.24) is 30.0 Å². The van der Waals surface area contributed by atoms with Gasteiger partial charge in [0.1, 0.15) is 17.0 Å². The fourth-order valence-electron chi connectivity index (χ4n) is 3.50. The minimum atomic E-state index is -0.513. The molecule has 0 atom stereocenters. The summed E-state index contributed by atoms with van der Waals surface area (Å²) in [6.45, 7) is 1.95. The molecule has 162 valence electrons. The van der Waals surface area contributed by atoms with Crippen LogP contribution in [0.5, 0.6) is 0 Å². The van der Waals surface area contributed by atoms with E-state index >= 15 is 0 Å². The predicted molar refractivity (Wildman–Crippen MR) is 124 cm³/mol. The normalized spacial score (nSPS) is 10.8. The van der Waals surface area contributed by atoms with Crippen molar-refractivity contribution in [3.8, 4) is 16.9 Å². The largest absolute Gasteiger partial charge is 0.306 e. The standard InChI is InChI=1S/C25H20N6O2/c1-17-12-13-30-16-21(26-22(30)14-17)25(33)28-27-24(32)20-15-31(19-10-6-3-7-11-19)29-23(20)18-8-4-2-5-9-18/h2-16H,1H3,(H,27,32)(H,28,33). The molecule has 0 unspecified atom stereocenters. The number of rotatable bonds is 4. The van der Waals surface area contributed by atoms with Gasteiger partial charge >= 0.3 is 0 Å². The van der Waals surface area contributed by atoms with Crippen LogP contribution in [0.4, 0.5) is 0 Å². The van der Waals surface area contributed by atoms with Crippen LogP contribution in [0.3, 0.4) is 0 Å². The SMILES string of the molecule is Cc1ccn2cc(C(=O)NNC(=O)c3cn(-c4ccccc4)nc3-c3ccccc3)nc2c1. The Morgan fingerprint density at radius 3 is 2.30 bits per heavy atom. The number of nitrogens with one attached hydrogen (secondary N) is 2.